The molecule has 0 unspecified atom stereocenters. The van der Waals surface area contributed by atoms with Crippen LogP contribution in [0, 0.1) is 0 Å². The molecule has 0 radical (unpaired) electrons. The fourth-order valence-corrected chi connectivity index (χ4v) is 1.67. The summed E-state index contributed by atoms with van der Waals surface area (Å²) in [5, 5.41) is 11.6. The fraction of sp³-hybridized carbons (Fsp3) is 0.154. The predicted octanol–water partition coefficient (Wildman–Crippen LogP) is 0.976. The third kappa shape index (κ3) is 2.98. The number of carbonyl (C=O) groups excluding carboxylic acids is 1. The second-order valence-electron chi connectivity index (χ2n) is 4.08. The molecule has 1 heterocycles. The van der Waals surface area contributed by atoms with E-state index in [1.807, 2.05) is 0 Å². The Morgan fingerprint density at radius 3 is 2.53 bits per heavy atom. The number of carboxylic acid groups (broad SMARTS) is 1. The summed E-state index contributed by atoms with van der Waals surface area (Å²) in [6, 6.07) is 7.43. The van der Waals surface area contributed by atoms with Crippen LogP contribution in [0.25, 0.3) is 0 Å². The maximum Gasteiger partial charge on any atom is 0.330 e. The van der Waals surface area contributed by atoms with Gasteiger partial charge >= 0.3 is 5.97 Å². The normalized spacial score (nSPS) is 11.8. The number of rotatable bonds is 4. The average Bonchev–Trinajstić information content (AvgIpc) is 2.83. The van der Waals surface area contributed by atoms with Gasteiger partial charge in [-0.1, -0.05) is 30.3 Å². The van der Waals surface area contributed by atoms with Gasteiger partial charge in [-0.3, -0.25) is 4.79 Å². The lowest BCUT2D eigenvalue weighted by Crippen LogP contribution is -2.33. The lowest BCUT2D eigenvalue weighted by Gasteiger charge is -2.13. The Kier molecular flexibility index (Phi) is 3.61. The highest BCUT2D eigenvalue weighted by Gasteiger charge is 2.23. The first-order chi connectivity index (χ1) is 9.08. The zero-order valence-electron chi connectivity index (χ0n) is 10.3. The topological polar surface area (TPSA) is 84.2 Å². The van der Waals surface area contributed by atoms with Gasteiger partial charge in [0.05, 0.1) is 6.33 Å². The maximum absolute atomic E-state index is 11.9. The molecule has 1 aromatic carbocycles. The minimum absolute atomic E-state index is 0.185. The molecule has 0 bridgehead atoms. The highest BCUT2D eigenvalue weighted by atomic mass is 16.4. The van der Waals surface area contributed by atoms with Gasteiger partial charge in [0.25, 0.3) is 5.91 Å². The van der Waals surface area contributed by atoms with Gasteiger partial charge in [0.2, 0.25) is 0 Å². The van der Waals surface area contributed by atoms with E-state index in [4.69, 9.17) is 0 Å². The number of imidazole rings is 1. The van der Waals surface area contributed by atoms with E-state index in [1.165, 1.54) is 12.5 Å². The van der Waals surface area contributed by atoms with Crippen molar-refractivity contribution in [3.05, 3.63) is 54.1 Å². The van der Waals surface area contributed by atoms with Crippen molar-refractivity contribution in [2.24, 2.45) is 7.05 Å². The van der Waals surface area contributed by atoms with E-state index >= 15 is 0 Å². The van der Waals surface area contributed by atoms with Crippen LogP contribution >= 0.6 is 0 Å². The summed E-state index contributed by atoms with van der Waals surface area (Å²) in [6.45, 7) is 0. The summed E-state index contributed by atoms with van der Waals surface area (Å²) in [5.41, 5.74) is 0.698. The SMILES string of the molecule is Cn1cnc(C(=O)N[C@@H](C(=O)O)c2ccccc2)c1. The minimum atomic E-state index is -1.12. The fourth-order valence-electron chi connectivity index (χ4n) is 1.67. The van der Waals surface area contributed by atoms with Crippen LogP contribution in [0.2, 0.25) is 0 Å². The van der Waals surface area contributed by atoms with Crippen LogP contribution in [-0.4, -0.2) is 26.5 Å². The zero-order valence-corrected chi connectivity index (χ0v) is 10.3. The maximum atomic E-state index is 11.9. The molecule has 98 valence electrons. The smallest absolute Gasteiger partial charge is 0.330 e. The van der Waals surface area contributed by atoms with Gasteiger partial charge in [0.1, 0.15) is 5.69 Å². The van der Waals surface area contributed by atoms with Crippen LogP contribution in [0.5, 0.6) is 0 Å². The first-order valence-corrected chi connectivity index (χ1v) is 5.64. The van der Waals surface area contributed by atoms with E-state index in [-0.39, 0.29) is 5.69 Å². The number of hydrogen-bond donors (Lipinski definition) is 2. The minimum Gasteiger partial charge on any atom is -0.479 e. The Balaban J connectivity index is 2.18. The quantitative estimate of drug-likeness (QED) is 0.857. The van der Waals surface area contributed by atoms with E-state index in [9.17, 15) is 14.7 Å². The average molecular weight is 259 g/mol. The van der Waals surface area contributed by atoms with Crippen molar-refractivity contribution in [2.45, 2.75) is 6.04 Å². The van der Waals surface area contributed by atoms with Crippen LogP contribution in [0.3, 0.4) is 0 Å². The number of nitrogens with zero attached hydrogens (tertiary/aromatic N) is 2. The zero-order chi connectivity index (χ0) is 13.8. The number of carbonyl (C=O) groups is 2. The van der Waals surface area contributed by atoms with Gasteiger partial charge in [-0.25, -0.2) is 9.78 Å². The van der Waals surface area contributed by atoms with Crippen molar-refractivity contribution in [1.82, 2.24) is 14.9 Å². The van der Waals surface area contributed by atoms with E-state index < -0.39 is 17.9 Å². The lowest BCUT2D eigenvalue weighted by atomic mass is 10.1. The van der Waals surface area contributed by atoms with Gasteiger partial charge in [-0.05, 0) is 5.56 Å². The van der Waals surface area contributed by atoms with E-state index in [0.717, 1.165) is 0 Å². The molecule has 2 rings (SSSR count). The van der Waals surface area contributed by atoms with E-state index in [1.54, 1.807) is 41.9 Å². The Bertz CT molecular complexity index is 592. The molecule has 19 heavy (non-hydrogen) atoms. The Labute approximate surface area is 109 Å². The van der Waals surface area contributed by atoms with E-state index in [0.29, 0.717) is 5.56 Å². The van der Waals surface area contributed by atoms with Crippen LogP contribution in [0.1, 0.15) is 22.1 Å². The molecule has 1 aromatic heterocycles. The molecule has 0 saturated heterocycles. The second-order valence-corrected chi connectivity index (χ2v) is 4.08. The molecule has 0 aliphatic heterocycles. The molecule has 6 nitrogen and oxygen atoms in total. The molecule has 0 spiro atoms. The summed E-state index contributed by atoms with van der Waals surface area (Å²) in [5.74, 6) is -1.63. The Morgan fingerprint density at radius 2 is 2.00 bits per heavy atom. The number of aliphatic carboxylic acids is 1. The number of aromatic nitrogens is 2. The molecular formula is C13H13N3O3. The summed E-state index contributed by atoms with van der Waals surface area (Å²) in [4.78, 5) is 27.0. The van der Waals surface area contributed by atoms with Crippen LogP contribution in [0.4, 0.5) is 0 Å². The number of benzene rings is 1. The third-order valence-electron chi connectivity index (χ3n) is 2.59. The van der Waals surface area contributed by atoms with Crippen LogP contribution < -0.4 is 5.32 Å². The third-order valence-corrected chi connectivity index (χ3v) is 2.59. The van der Waals surface area contributed by atoms with Crippen molar-refractivity contribution < 1.29 is 14.7 Å². The summed E-state index contributed by atoms with van der Waals surface area (Å²) in [6.07, 6.45) is 3.01. The number of amides is 1. The number of nitrogens with one attached hydrogen (secondary N) is 1. The standard InChI is InChI=1S/C13H13N3O3/c1-16-7-10(14-8-16)12(17)15-11(13(18)19)9-5-3-2-4-6-9/h2-8,11H,1H3,(H,15,17)(H,18,19)/t11-/m1/s1. The first-order valence-electron chi connectivity index (χ1n) is 5.64. The molecule has 1 amide bonds. The molecule has 1 atom stereocenters. The monoisotopic (exact) mass is 259 g/mol. The Morgan fingerprint density at radius 1 is 1.32 bits per heavy atom. The summed E-state index contributed by atoms with van der Waals surface area (Å²) in [7, 11) is 1.73. The summed E-state index contributed by atoms with van der Waals surface area (Å²) >= 11 is 0. The van der Waals surface area contributed by atoms with Gasteiger partial charge < -0.3 is 15.0 Å². The highest BCUT2D eigenvalue weighted by Crippen LogP contribution is 2.13. The number of aryl methyl sites for hydroxylation is 1. The second kappa shape index (κ2) is 5.34. The molecular weight excluding hydrogens is 246 g/mol. The van der Waals surface area contributed by atoms with Gasteiger partial charge in [0, 0.05) is 13.2 Å². The number of carboxylic acids is 1. The van der Waals surface area contributed by atoms with Crippen LogP contribution in [0.15, 0.2) is 42.9 Å². The van der Waals surface area contributed by atoms with Crippen molar-refractivity contribution in [2.75, 3.05) is 0 Å². The lowest BCUT2D eigenvalue weighted by molar-refractivity contribution is -0.139. The van der Waals surface area contributed by atoms with Crippen molar-refractivity contribution in [1.29, 1.82) is 0 Å². The van der Waals surface area contributed by atoms with Crippen molar-refractivity contribution in [3.63, 3.8) is 0 Å². The van der Waals surface area contributed by atoms with Gasteiger partial charge in [-0.2, -0.15) is 0 Å². The van der Waals surface area contributed by atoms with Crippen LogP contribution in [-0.2, 0) is 11.8 Å². The van der Waals surface area contributed by atoms with Crippen molar-refractivity contribution in [3.8, 4) is 0 Å². The van der Waals surface area contributed by atoms with E-state index in [2.05, 4.69) is 10.3 Å². The molecule has 0 aliphatic rings. The highest BCUT2D eigenvalue weighted by molar-refractivity contribution is 5.95. The van der Waals surface area contributed by atoms with Gasteiger partial charge in [-0.15, -0.1) is 0 Å². The number of hydrogen-bond acceptors (Lipinski definition) is 3. The Hall–Kier alpha value is -2.63. The molecule has 0 saturated carbocycles. The largest absolute Gasteiger partial charge is 0.479 e. The molecule has 0 aliphatic carbocycles. The summed E-state index contributed by atoms with van der Waals surface area (Å²) < 4.78 is 1.62. The predicted molar refractivity (Wildman–Crippen MR) is 67.5 cm³/mol. The molecule has 0 fully saturated rings. The van der Waals surface area contributed by atoms with Gasteiger partial charge in [0.15, 0.2) is 6.04 Å². The first kappa shape index (κ1) is 12.8. The molecule has 6 heteroatoms. The van der Waals surface area contributed by atoms with Crippen molar-refractivity contribution >= 4 is 11.9 Å². The molecule has 2 N–H and O–H groups in total. The molecule has 2 aromatic rings.